The first-order valence-electron chi connectivity index (χ1n) is 5.38. The van der Waals surface area contributed by atoms with Crippen molar-refractivity contribution in [1.29, 1.82) is 5.26 Å². The maximum Gasteiger partial charge on any atom is 0.142 e. The van der Waals surface area contributed by atoms with Crippen molar-refractivity contribution in [2.75, 3.05) is 32.5 Å². The van der Waals surface area contributed by atoms with Gasteiger partial charge >= 0.3 is 0 Å². The molecule has 5 nitrogen and oxygen atoms in total. The number of aromatic nitrogens is 2. The number of hydrogen-bond donors (Lipinski definition) is 1. The van der Waals surface area contributed by atoms with E-state index in [1.165, 1.54) is 0 Å². The van der Waals surface area contributed by atoms with Gasteiger partial charge in [0, 0.05) is 13.6 Å². The third kappa shape index (κ3) is 2.97. The molecule has 0 unspecified atom stereocenters. The van der Waals surface area contributed by atoms with E-state index in [2.05, 4.69) is 35.5 Å². The van der Waals surface area contributed by atoms with Gasteiger partial charge in [-0.3, -0.25) is 4.68 Å². The average Bonchev–Trinajstić information content (AvgIpc) is 2.47. The van der Waals surface area contributed by atoms with E-state index in [4.69, 9.17) is 5.26 Å². The van der Waals surface area contributed by atoms with Crippen LogP contribution in [-0.2, 0) is 7.05 Å². The van der Waals surface area contributed by atoms with Gasteiger partial charge in [-0.2, -0.15) is 10.4 Å². The molecule has 0 aliphatic rings. The Morgan fingerprint density at radius 1 is 1.50 bits per heavy atom. The number of aryl methyl sites for hydroxylation is 2. The van der Waals surface area contributed by atoms with E-state index in [0.717, 1.165) is 31.0 Å². The molecule has 0 radical (unpaired) electrons. The second-order valence-corrected chi connectivity index (χ2v) is 4.13. The second kappa shape index (κ2) is 5.52. The summed E-state index contributed by atoms with van der Waals surface area (Å²) < 4.78 is 1.73. The molecule has 0 saturated heterocycles. The highest BCUT2D eigenvalue weighted by Gasteiger charge is 2.11. The number of nitriles is 1. The van der Waals surface area contributed by atoms with Gasteiger partial charge < -0.3 is 10.2 Å². The smallest absolute Gasteiger partial charge is 0.142 e. The van der Waals surface area contributed by atoms with Crippen molar-refractivity contribution >= 4 is 5.82 Å². The van der Waals surface area contributed by atoms with Crippen LogP contribution in [-0.4, -0.2) is 41.9 Å². The van der Waals surface area contributed by atoms with Gasteiger partial charge in [0.1, 0.15) is 17.5 Å². The Morgan fingerprint density at radius 3 is 2.75 bits per heavy atom. The van der Waals surface area contributed by atoms with Gasteiger partial charge in [-0.1, -0.05) is 0 Å². The summed E-state index contributed by atoms with van der Waals surface area (Å²) >= 11 is 0. The molecule has 0 spiro atoms. The highest BCUT2D eigenvalue weighted by molar-refractivity contribution is 5.54. The summed E-state index contributed by atoms with van der Waals surface area (Å²) in [5.41, 5.74) is 1.42. The van der Waals surface area contributed by atoms with Crippen LogP contribution in [0.2, 0.25) is 0 Å². The lowest BCUT2D eigenvalue weighted by atomic mass is 10.2. The topological polar surface area (TPSA) is 56.9 Å². The Bertz CT molecular complexity index is 386. The maximum absolute atomic E-state index is 9.01. The predicted molar refractivity (Wildman–Crippen MR) is 64.3 cm³/mol. The zero-order valence-corrected chi connectivity index (χ0v) is 10.4. The fourth-order valence-electron chi connectivity index (χ4n) is 1.60. The molecule has 0 saturated carbocycles. The third-order valence-corrected chi connectivity index (χ3v) is 2.41. The van der Waals surface area contributed by atoms with Gasteiger partial charge in [0.15, 0.2) is 0 Å². The molecule has 0 bridgehead atoms. The molecule has 5 heteroatoms. The Hall–Kier alpha value is -1.54. The maximum atomic E-state index is 9.01. The molecule has 1 aromatic rings. The van der Waals surface area contributed by atoms with E-state index in [1.54, 1.807) is 4.68 Å². The van der Waals surface area contributed by atoms with Gasteiger partial charge in [-0.25, -0.2) is 0 Å². The molecule has 1 N–H and O–H groups in total. The highest BCUT2D eigenvalue weighted by Crippen LogP contribution is 2.16. The number of nitrogens with one attached hydrogen (secondary N) is 1. The molecule has 0 aliphatic carbocycles. The summed E-state index contributed by atoms with van der Waals surface area (Å²) in [6.07, 6.45) is 1.04. The Labute approximate surface area is 96.7 Å². The summed E-state index contributed by atoms with van der Waals surface area (Å²) in [5.74, 6) is 0.818. The van der Waals surface area contributed by atoms with Crippen LogP contribution < -0.4 is 5.32 Å². The lowest BCUT2D eigenvalue weighted by molar-refractivity contribution is 0.405. The molecular formula is C11H19N5. The van der Waals surface area contributed by atoms with E-state index in [9.17, 15) is 0 Å². The Kier molecular flexibility index (Phi) is 4.32. The van der Waals surface area contributed by atoms with Crippen LogP contribution in [0, 0.1) is 18.3 Å². The molecule has 1 rings (SSSR count). The Morgan fingerprint density at radius 2 is 2.19 bits per heavy atom. The minimum atomic E-state index is 0.646. The summed E-state index contributed by atoms with van der Waals surface area (Å²) in [4.78, 5) is 2.14. The van der Waals surface area contributed by atoms with Gasteiger partial charge in [0.2, 0.25) is 0 Å². The molecular weight excluding hydrogens is 202 g/mol. The lowest BCUT2D eigenvalue weighted by Crippen LogP contribution is -2.17. The molecule has 0 aliphatic heterocycles. The molecule has 0 atom stereocenters. The van der Waals surface area contributed by atoms with E-state index >= 15 is 0 Å². The van der Waals surface area contributed by atoms with E-state index in [1.807, 2.05) is 14.0 Å². The fraction of sp³-hybridized carbons (Fsp3) is 0.636. The van der Waals surface area contributed by atoms with E-state index in [-0.39, 0.29) is 0 Å². The molecule has 0 aromatic carbocycles. The third-order valence-electron chi connectivity index (χ3n) is 2.41. The zero-order valence-electron chi connectivity index (χ0n) is 10.4. The van der Waals surface area contributed by atoms with Crippen LogP contribution in [0.4, 0.5) is 5.82 Å². The van der Waals surface area contributed by atoms with Gasteiger partial charge in [0.25, 0.3) is 0 Å². The zero-order chi connectivity index (χ0) is 12.1. The predicted octanol–water partition coefficient (Wildman–Crippen LogP) is 0.964. The van der Waals surface area contributed by atoms with E-state index < -0.39 is 0 Å². The van der Waals surface area contributed by atoms with Crippen molar-refractivity contribution in [3.8, 4) is 6.07 Å². The normalized spacial score (nSPS) is 10.5. The first-order valence-corrected chi connectivity index (χ1v) is 5.38. The average molecular weight is 221 g/mol. The van der Waals surface area contributed by atoms with Gasteiger partial charge in [-0.15, -0.1) is 0 Å². The van der Waals surface area contributed by atoms with Crippen molar-refractivity contribution in [3.05, 3.63) is 11.3 Å². The number of nitrogens with zero attached hydrogens (tertiary/aromatic N) is 4. The summed E-state index contributed by atoms with van der Waals surface area (Å²) in [6, 6.07) is 2.18. The summed E-state index contributed by atoms with van der Waals surface area (Å²) in [5, 5.41) is 16.5. The van der Waals surface area contributed by atoms with Crippen LogP contribution in [0.25, 0.3) is 0 Å². The first-order chi connectivity index (χ1) is 7.56. The standard InChI is InChI=1S/C11H19N5/c1-9-10(8-12)11(16(4)14-9)13-6-5-7-15(2)3/h13H,5-7H2,1-4H3. The van der Waals surface area contributed by atoms with Crippen molar-refractivity contribution < 1.29 is 0 Å². The highest BCUT2D eigenvalue weighted by atomic mass is 15.3. The van der Waals surface area contributed by atoms with Crippen LogP contribution in [0.5, 0.6) is 0 Å². The van der Waals surface area contributed by atoms with Crippen molar-refractivity contribution in [2.24, 2.45) is 7.05 Å². The molecule has 0 fully saturated rings. The number of anilines is 1. The van der Waals surface area contributed by atoms with Crippen molar-refractivity contribution in [1.82, 2.24) is 14.7 Å². The van der Waals surface area contributed by atoms with Gasteiger partial charge in [-0.05, 0) is 34.0 Å². The molecule has 16 heavy (non-hydrogen) atoms. The van der Waals surface area contributed by atoms with Crippen LogP contribution in [0.15, 0.2) is 0 Å². The van der Waals surface area contributed by atoms with Crippen LogP contribution >= 0.6 is 0 Å². The minimum Gasteiger partial charge on any atom is -0.369 e. The van der Waals surface area contributed by atoms with Gasteiger partial charge in [0.05, 0.1) is 5.69 Å². The number of rotatable bonds is 5. The minimum absolute atomic E-state index is 0.646. The summed E-state index contributed by atoms with van der Waals surface area (Å²) in [6.45, 7) is 3.74. The molecule has 88 valence electrons. The molecule has 1 heterocycles. The quantitative estimate of drug-likeness (QED) is 0.753. The lowest BCUT2D eigenvalue weighted by Gasteiger charge is -2.10. The second-order valence-electron chi connectivity index (χ2n) is 4.13. The Balaban J connectivity index is 2.57. The number of hydrogen-bond acceptors (Lipinski definition) is 4. The van der Waals surface area contributed by atoms with Crippen molar-refractivity contribution in [2.45, 2.75) is 13.3 Å². The first kappa shape index (κ1) is 12.5. The monoisotopic (exact) mass is 221 g/mol. The SMILES string of the molecule is Cc1nn(C)c(NCCCN(C)C)c1C#N. The summed E-state index contributed by atoms with van der Waals surface area (Å²) in [7, 11) is 5.95. The van der Waals surface area contributed by atoms with E-state index in [0.29, 0.717) is 5.56 Å². The fourth-order valence-corrected chi connectivity index (χ4v) is 1.60. The van der Waals surface area contributed by atoms with Crippen molar-refractivity contribution in [3.63, 3.8) is 0 Å². The molecule has 0 amide bonds. The largest absolute Gasteiger partial charge is 0.369 e. The molecule has 1 aromatic heterocycles. The van der Waals surface area contributed by atoms with Crippen LogP contribution in [0.1, 0.15) is 17.7 Å². The van der Waals surface area contributed by atoms with Crippen LogP contribution in [0.3, 0.4) is 0 Å².